The Hall–Kier alpha value is -1.75. The lowest BCUT2D eigenvalue weighted by Crippen LogP contribution is -2.34. The Balaban J connectivity index is 0.00000312. The molecule has 0 aromatic heterocycles. The van der Waals surface area contributed by atoms with Gasteiger partial charge in [0.25, 0.3) is 0 Å². The van der Waals surface area contributed by atoms with Gasteiger partial charge in [-0.2, -0.15) is 0 Å². The van der Waals surface area contributed by atoms with E-state index in [-0.39, 0.29) is 19.0 Å². The van der Waals surface area contributed by atoms with Gasteiger partial charge in [-0.15, -0.1) is 12.4 Å². The average Bonchev–Trinajstić information content (AvgIpc) is 2.58. The van der Waals surface area contributed by atoms with Crippen molar-refractivity contribution in [3.8, 4) is 11.5 Å². The summed E-state index contributed by atoms with van der Waals surface area (Å²) in [4.78, 5) is 2.15. The van der Waals surface area contributed by atoms with Gasteiger partial charge in [0.1, 0.15) is 24.7 Å². The van der Waals surface area contributed by atoms with Crippen LogP contribution >= 0.6 is 12.4 Å². The van der Waals surface area contributed by atoms with Gasteiger partial charge in [-0.1, -0.05) is 36.4 Å². The third-order valence-corrected chi connectivity index (χ3v) is 3.93. The number of para-hydroxylation sites is 2. The summed E-state index contributed by atoms with van der Waals surface area (Å²) in [6.45, 7) is 7.53. The van der Waals surface area contributed by atoms with E-state index in [0.717, 1.165) is 35.7 Å². The van der Waals surface area contributed by atoms with E-state index >= 15 is 0 Å². The molecule has 0 saturated heterocycles. The van der Waals surface area contributed by atoms with E-state index in [4.69, 9.17) is 9.47 Å². The second-order valence-electron chi connectivity index (χ2n) is 5.79. The van der Waals surface area contributed by atoms with Crippen LogP contribution in [0.2, 0.25) is 0 Å². The lowest BCUT2D eigenvalue weighted by atomic mass is 10.2. The SMILES string of the molecule is Cc1ccccc1OCCN(CCO)CCOc1ccccc1C.Cl. The monoisotopic (exact) mass is 365 g/mol. The Morgan fingerprint density at radius 2 is 1.20 bits per heavy atom. The fourth-order valence-electron chi connectivity index (χ4n) is 2.48. The van der Waals surface area contributed by atoms with Crippen molar-refractivity contribution in [2.75, 3.05) is 39.5 Å². The summed E-state index contributed by atoms with van der Waals surface area (Å²) in [6, 6.07) is 16.0. The molecule has 0 aliphatic rings. The molecule has 0 atom stereocenters. The molecule has 0 aliphatic carbocycles. The minimum absolute atomic E-state index is 0. The number of aryl methyl sites for hydroxylation is 2. The zero-order valence-electron chi connectivity index (χ0n) is 15.0. The first-order valence-electron chi connectivity index (χ1n) is 8.41. The topological polar surface area (TPSA) is 41.9 Å². The van der Waals surface area contributed by atoms with Gasteiger partial charge in [0, 0.05) is 19.6 Å². The summed E-state index contributed by atoms with van der Waals surface area (Å²) < 4.78 is 11.7. The smallest absolute Gasteiger partial charge is 0.122 e. The van der Waals surface area contributed by atoms with E-state index in [1.165, 1.54) is 0 Å². The van der Waals surface area contributed by atoms with Crippen LogP contribution in [-0.2, 0) is 0 Å². The number of ether oxygens (including phenoxy) is 2. The Morgan fingerprint density at radius 1 is 0.760 bits per heavy atom. The molecule has 2 rings (SSSR count). The summed E-state index contributed by atoms with van der Waals surface area (Å²) in [5.74, 6) is 1.83. The lowest BCUT2D eigenvalue weighted by Gasteiger charge is -2.22. The van der Waals surface area contributed by atoms with Crippen molar-refractivity contribution in [3.05, 3.63) is 59.7 Å². The van der Waals surface area contributed by atoms with Crippen LogP contribution in [0.25, 0.3) is 0 Å². The van der Waals surface area contributed by atoms with Crippen molar-refractivity contribution in [1.82, 2.24) is 4.90 Å². The summed E-state index contributed by atoms with van der Waals surface area (Å²) in [6.07, 6.45) is 0. The van der Waals surface area contributed by atoms with Crippen molar-refractivity contribution in [3.63, 3.8) is 0 Å². The highest BCUT2D eigenvalue weighted by Gasteiger charge is 2.06. The number of aliphatic hydroxyl groups is 1. The van der Waals surface area contributed by atoms with Crippen molar-refractivity contribution in [2.45, 2.75) is 13.8 Å². The molecule has 0 unspecified atom stereocenters. The molecule has 0 amide bonds. The van der Waals surface area contributed by atoms with Crippen molar-refractivity contribution in [1.29, 1.82) is 0 Å². The van der Waals surface area contributed by atoms with Crippen LogP contribution in [0.5, 0.6) is 11.5 Å². The van der Waals surface area contributed by atoms with Crippen molar-refractivity contribution >= 4 is 12.4 Å². The van der Waals surface area contributed by atoms with Crippen LogP contribution in [0.3, 0.4) is 0 Å². The number of nitrogens with zero attached hydrogens (tertiary/aromatic N) is 1. The summed E-state index contributed by atoms with van der Waals surface area (Å²) in [5.41, 5.74) is 2.27. The van der Waals surface area contributed by atoms with Crippen LogP contribution in [0.15, 0.2) is 48.5 Å². The highest BCUT2D eigenvalue weighted by molar-refractivity contribution is 5.85. The summed E-state index contributed by atoms with van der Waals surface area (Å²) in [7, 11) is 0. The molecule has 0 heterocycles. The summed E-state index contributed by atoms with van der Waals surface area (Å²) in [5, 5.41) is 9.23. The standard InChI is InChI=1S/C20H27NO3.ClH/c1-17-7-3-5-9-19(17)23-15-12-21(11-14-22)13-16-24-20-10-6-4-8-18(20)2;/h3-10,22H,11-16H2,1-2H3;1H. The van der Waals surface area contributed by atoms with Gasteiger partial charge in [-0.3, -0.25) is 4.90 Å². The largest absolute Gasteiger partial charge is 0.492 e. The first kappa shape index (κ1) is 21.3. The molecular weight excluding hydrogens is 338 g/mol. The molecule has 2 aromatic carbocycles. The number of aliphatic hydroxyl groups excluding tert-OH is 1. The van der Waals surface area contributed by atoms with Gasteiger partial charge in [0.2, 0.25) is 0 Å². The maximum Gasteiger partial charge on any atom is 0.122 e. The molecule has 138 valence electrons. The lowest BCUT2D eigenvalue weighted by molar-refractivity contribution is 0.147. The van der Waals surface area contributed by atoms with Gasteiger partial charge >= 0.3 is 0 Å². The second kappa shape index (κ2) is 11.7. The van der Waals surface area contributed by atoms with E-state index in [9.17, 15) is 5.11 Å². The van der Waals surface area contributed by atoms with Crippen LogP contribution in [0.4, 0.5) is 0 Å². The molecular formula is C20H28ClNO3. The third kappa shape index (κ3) is 7.34. The fraction of sp³-hybridized carbons (Fsp3) is 0.400. The first-order valence-corrected chi connectivity index (χ1v) is 8.41. The van der Waals surface area contributed by atoms with Crippen molar-refractivity contribution < 1.29 is 14.6 Å². The number of hydrogen-bond acceptors (Lipinski definition) is 4. The van der Waals surface area contributed by atoms with E-state index in [1.807, 2.05) is 62.4 Å². The minimum atomic E-state index is 0. The zero-order valence-corrected chi connectivity index (χ0v) is 15.8. The molecule has 0 bridgehead atoms. The van der Waals surface area contributed by atoms with Crippen LogP contribution in [-0.4, -0.2) is 49.5 Å². The van der Waals surface area contributed by atoms with Gasteiger partial charge in [0.15, 0.2) is 0 Å². The van der Waals surface area contributed by atoms with Crippen LogP contribution < -0.4 is 9.47 Å². The molecule has 0 saturated carbocycles. The molecule has 0 spiro atoms. The number of benzene rings is 2. The van der Waals surface area contributed by atoms with E-state index in [1.54, 1.807) is 0 Å². The zero-order chi connectivity index (χ0) is 17.2. The van der Waals surface area contributed by atoms with Gasteiger partial charge in [-0.25, -0.2) is 0 Å². The normalized spacial score (nSPS) is 10.4. The fourth-order valence-corrected chi connectivity index (χ4v) is 2.48. The maximum atomic E-state index is 9.23. The Bertz CT molecular complexity index is 570. The minimum Gasteiger partial charge on any atom is -0.492 e. The number of hydrogen-bond donors (Lipinski definition) is 1. The van der Waals surface area contributed by atoms with E-state index in [0.29, 0.717) is 19.8 Å². The number of halogens is 1. The highest BCUT2D eigenvalue weighted by atomic mass is 35.5. The molecule has 5 heteroatoms. The predicted octanol–water partition coefficient (Wildman–Crippen LogP) is 3.48. The summed E-state index contributed by atoms with van der Waals surface area (Å²) >= 11 is 0. The maximum absolute atomic E-state index is 9.23. The number of rotatable bonds is 10. The second-order valence-corrected chi connectivity index (χ2v) is 5.79. The predicted molar refractivity (Wildman–Crippen MR) is 104 cm³/mol. The quantitative estimate of drug-likeness (QED) is 0.700. The molecule has 0 radical (unpaired) electrons. The van der Waals surface area contributed by atoms with Gasteiger partial charge in [0.05, 0.1) is 6.61 Å². The van der Waals surface area contributed by atoms with Gasteiger partial charge in [-0.05, 0) is 37.1 Å². The molecule has 0 fully saturated rings. The highest BCUT2D eigenvalue weighted by Crippen LogP contribution is 2.17. The Labute approximate surface area is 156 Å². The van der Waals surface area contributed by atoms with Gasteiger partial charge < -0.3 is 14.6 Å². The third-order valence-electron chi connectivity index (χ3n) is 3.93. The molecule has 4 nitrogen and oxygen atoms in total. The molecule has 25 heavy (non-hydrogen) atoms. The van der Waals surface area contributed by atoms with Crippen LogP contribution in [0, 0.1) is 13.8 Å². The van der Waals surface area contributed by atoms with E-state index in [2.05, 4.69) is 4.90 Å². The van der Waals surface area contributed by atoms with Crippen LogP contribution in [0.1, 0.15) is 11.1 Å². The van der Waals surface area contributed by atoms with Crippen molar-refractivity contribution in [2.24, 2.45) is 0 Å². The average molecular weight is 366 g/mol. The first-order chi connectivity index (χ1) is 11.7. The molecule has 1 N–H and O–H groups in total. The molecule has 0 aliphatic heterocycles. The van der Waals surface area contributed by atoms with E-state index < -0.39 is 0 Å². The Morgan fingerprint density at radius 3 is 1.60 bits per heavy atom. The molecule has 2 aromatic rings. The Kier molecular flexibility index (Phi) is 10.0.